The number of benzene rings is 1. The molecule has 0 unspecified atom stereocenters. The van der Waals surface area contributed by atoms with Crippen LogP contribution in [0.25, 0.3) is 0 Å². The van der Waals surface area contributed by atoms with E-state index in [1.807, 2.05) is 6.07 Å². The zero-order chi connectivity index (χ0) is 15.6. The molecule has 0 N–H and O–H groups in total. The van der Waals surface area contributed by atoms with Crippen molar-refractivity contribution in [3.05, 3.63) is 29.8 Å². The van der Waals surface area contributed by atoms with Gasteiger partial charge in [-0.25, -0.2) is 0 Å². The Balaban J connectivity index is 2.26. The van der Waals surface area contributed by atoms with Gasteiger partial charge in [0.15, 0.2) is 0 Å². The summed E-state index contributed by atoms with van der Waals surface area (Å²) in [6.45, 7) is 9.50. The van der Waals surface area contributed by atoms with Gasteiger partial charge < -0.3 is 8.85 Å². The monoisotopic (exact) mass is 308 g/mol. The summed E-state index contributed by atoms with van der Waals surface area (Å²) in [7, 11) is -2.06. The van der Waals surface area contributed by atoms with Crippen molar-refractivity contribution in [3.63, 3.8) is 0 Å². The van der Waals surface area contributed by atoms with Crippen molar-refractivity contribution in [1.82, 2.24) is 0 Å². The molecule has 0 saturated heterocycles. The van der Waals surface area contributed by atoms with Crippen LogP contribution in [0.3, 0.4) is 0 Å². The molecule has 0 saturated carbocycles. The van der Waals surface area contributed by atoms with Gasteiger partial charge in [-0.05, 0) is 43.6 Å². The second-order valence-corrected chi connectivity index (χ2v) is 9.41. The topological polar surface area (TPSA) is 18.5 Å². The Morgan fingerprint density at radius 2 is 1.67 bits per heavy atom. The summed E-state index contributed by atoms with van der Waals surface area (Å²) < 4.78 is 12.1. The Bertz CT molecular complexity index is 391. The molecule has 3 heteroatoms. The minimum Gasteiger partial charge on any atom is -0.520 e. The molecule has 0 bridgehead atoms. The molecule has 120 valence electrons. The lowest BCUT2D eigenvalue weighted by molar-refractivity contribution is 0.240. The number of unbranched alkanes of at least 4 members (excludes halogenated alkanes) is 5. The molecule has 0 fully saturated rings. The zero-order valence-electron chi connectivity index (χ0n) is 14.3. The van der Waals surface area contributed by atoms with E-state index in [0.29, 0.717) is 0 Å². The fourth-order valence-corrected chi connectivity index (χ4v) is 3.73. The van der Waals surface area contributed by atoms with Gasteiger partial charge in [0.1, 0.15) is 5.75 Å². The largest absolute Gasteiger partial charge is 0.520 e. The third-order valence-corrected chi connectivity index (χ3v) is 5.24. The van der Waals surface area contributed by atoms with Gasteiger partial charge in [0, 0.05) is 6.61 Å². The van der Waals surface area contributed by atoms with Crippen molar-refractivity contribution in [2.24, 2.45) is 0 Å². The van der Waals surface area contributed by atoms with Crippen LogP contribution >= 0.6 is 0 Å². The van der Waals surface area contributed by atoms with Crippen LogP contribution in [-0.4, -0.2) is 15.2 Å². The minimum absolute atomic E-state index is 0.832. The quantitative estimate of drug-likeness (QED) is 0.385. The molecule has 1 aromatic rings. The molecule has 0 atom stereocenters. The Kier molecular flexibility index (Phi) is 8.70. The molecular weight excluding hydrogens is 276 g/mol. The summed E-state index contributed by atoms with van der Waals surface area (Å²) >= 11 is 0. The van der Waals surface area contributed by atoms with Gasteiger partial charge in [-0.15, -0.1) is 0 Å². The first kappa shape index (κ1) is 18.2. The highest BCUT2D eigenvalue weighted by Gasteiger charge is 2.26. The van der Waals surface area contributed by atoms with Crippen LogP contribution in [0.2, 0.25) is 13.1 Å². The third kappa shape index (κ3) is 8.27. The first-order valence-corrected chi connectivity index (χ1v) is 11.3. The van der Waals surface area contributed by atoms with Gasteiger partial charge in [0.25, 0.3) is 0 Å². The minimum atomic E-state index is -2.06. The average molecular weight is 309 g/mol. The predicted octanol–water partition coefficient (Wildman–Crippen LogP) is 5.71. The van der Waals surface area contributed by atoms with E-state index < -0.39 is 8.56 Å². The number of hydrogen-bond donors (Lipinski definition) is 0. The highest BCUT2D eigenvalue weighted by molar-refractivity contribution is 6.65. The van der Waals surface area contributed by atoms with Crippen LogP contribution in [0.1, 0.15) is 57.9 Å². The lowest BCUT2D eigenvalue weighted by atomic mass is 10.1. The average Bonchev–Trinajstić information content (AvgIpc) is 2.46. The van der Waals surface area contributed by atoms with E-state index in [2.05, 4.69) is 45.1 Å². The molecule has 0 aliphatic carbocycles. The lowest BCUT2D eigenvalue weighted by Gasteiger charge is -2.24. The molecular formula is C18H32O2Si. The Hall–Kier alpha value is -0.803. The summed E-state index contributed by atoms with van der Waals surface area (Å²) in [5, 5.41) is 0. The smallest absolute Gasteiger partial charge is 0.392 e. The van der Waals surface area contributed by atoms with Gasteiger partial charge in [0.2, 0.25) is 0 Å². The maximum atomic E-state index is 6.11. The summed E-state index contributed by atoms with van der Waals surface area (Å²) in [5.41, 5.74) is 1.31. The maximum Gasteiger partial charge on any atom is 0.392 e. The van der Waals surface area contributed by atoms with Crippen molar-refractivity contribution in [1.29, 1.82) is 0 Å². The van der Waals surface area contributed by atoms with Crippen LogP contribution in [0, 0.1) is 0 Å². The van der Waals surface area contributed by atoms with Crippen LogP contribution in [0.4, 0.5) is 0 Å². The van der Waals surface area contributed by atoms with Gasteiger partial charge in [0.05, 0.1) is 0 Å². The third-order valence-electron chi connectivity index (χ3n) is 3.62. The molecule has 2 nitrogen and oxygen atoms in total. The van der Waals surface area contributed by atoms with Gasteiger partial charge in [-0.1, -0.05) is 58.1 Å². The van der Waals surface area contributed by atoms with Crippen LogP contribution in [0.15, 0.2) is 24.3 Å². The first-order valence-electron chi connectivity index (χ1n) is 8.49. The highest BCUT2D eigenvalue weighted by Crippen LogP contribution is 2.19. The lowest BCUT2D eigenvalue weighted by Crippen LogP contribution is -2.38. The fraction of sp³-hybridized carbons (Fsp3) is 0.667. The van der Waals surface area contributed by atoms with Gasteiger partial charge in [-0.3, -0.25) is 0 Å². The standard InChI is InChI=1S/C18H32O2Si/c1-5-7-8-9-10-11-15-19-21(3,4)20-18-14-12-13-17(6-2)16-18/h12-14,16H,5-11,15H2,1-4H3. The Morgan fingerprint density at radius 1 is 0.952 bits per heavy atom. The first-order chi connectivity index (χ1) is 10.1. The SMILES string of the molecule is CCCCCCCCO[Si](C)(C)Oc1cccc(CC)c1. The van der Waals surface area contributed by atoms with Crippen LogP contribution in [-0.2, 0) is 10.8 Å². The molecule has 21 heavy (non-hydrogen) atoms. The highest BCUT2D eigenvalue weighted by atomic mass is 28.4. The van der Waals surface area contributed by atoms with Crippen LogP contribution < -0.4 is 4.43 Å². The molecule has 0 radical (unpaired) electrons. The summed E-state index contributed by atoms with van der Waals surface area (Å²) in [5.74, 6) is 0.953. The van der Waals surface area contributed by atoms with Crippen molar-refractivity contribution >= 4 is 8.56 Å². The van der Waals surface area contributed by atoms with Crippen molar-refractivity contribution < 1.29 is 8.85 Å². The normalized spacial score (nSPS) is 11.6. The van der Waals surface area contributed by atoms with E-state index in [1.165, 1.54) is 37.7 Å². The van der Waals surface area contributed by atoms with E-state index in [1.54, 1.807) is 0 Å². The second kappa shape index (κ2) is 10.0. The van der Waals surface area contributed by atoms with E-state index in [0.717, 1.165) is 25.2 Å². The van der Waals surface area contributed by atoms with Gasteiger partial charge in [-0.2, -0.15) is 0 Å². The molecule has 1 aromatic carbocycles. The molecule has 0 aliphatic heterocycles. The number of hydrogen-bond acceptors (Lipinski definition) is 2. The Labute approximate surface area is 132 Å². The Morgan fingerprint density at radius 3 is 2.38 bits per heavy atom. The van der Waals surface area contributed by atoms with Gasteiger partial charge >= 0.3 is 8.56 Å². The van der Waals surface area contributed by atoms with Crippen molar-refractivity contribution in [2.75, 3.05) is 6.61 Å². The summed E-state index contributed by atoms with van der Waals surface area (Å²) in [6, 6.07) is 8.36. The van der Waals surface area contributed by atoms with Crippen molar-refractivity contribution in [2.45, 2.75) is 71.9 Å². The van der Waals surface area contributed by atoms with E-state index in [9.17, 15) is 0 Å². The van der Waals surface area contributed by atoms with E-state index in [-0.39, 0.29) is 0 Å². The second-order valence-electron chi connectivity index (χ2n) is 6.12. The number of aryl methyl sites for hydroxylation is 1. The molecule has 0 aliphatic rings. The molecule has 1 rings (SSSR count). The fourth-order valence-electron chi connectivity index (χ4n) is 2.34. The molecule has 0 spiro atoms. The molecule has 0 amide bonds. The summed E-state index contributed by atoms with van der Waals surface area (Å²) in [6.07, 6.45) is 8.82. The van der Waals surface area contributed by atoms with Crippen molar-refractivity contribution in [3.8, 4) is 5.75 Å². The van der Waals surface area contributed by atoms with E-state index in [4.69, 9.17) is 8.85 Å². The summed E-state index contributed by atoms with van der Waals surface area (Å²) in [4.78, 5) is 0. The molecule has 0 heterocycles. The zero-order valence-corrected chi connectivity index (χ0v) is 15.3. The molecule has 0 aromatic heterocycles. The predicted molar refractivity (Wildman–Crippen MR) is 93.3 cm³/mol. The van der Waals surface area contributed by atoms with E-state index >= 15 is 0 Å². The maximum absolute atomic E-state index is 6.11. The van der Waals surface area contributed by atoms with Crippen LogP contribution in [0.5, 0.6) is 5.75 Å². The number of rotatable bonds is 11.